The Morgan fingerprint density at radius 2 is 2.04 bits per heavy atom. The molecule has 1 N–H and O–H groups in total. The van der Waals surface area contributed by atoms with Crippen molar-refractivity contribution in [2.24, 2.45) is 7.05 Å². The van der Waals surface area contributed by atoms with Crippen LogP contribution in [0.3, 0.4) is 0 Å². The minimum Gasteiger partial charge on any atom is -0.452 e. The maximum absolute atomic E-state index is 11.9. The molecule has 7 heteroatoms. The number of aromatic nitrogens is 2. The summed E-state index contributed by atoms with van der Waals surface area (Å²) in [6, 6.07) is 5.56. The molecule has 1 aromatic carbocycles. The van der Waals surface area contributed by atoms with Gasteiger partial charge in [0.05, 0.1) is 11.4 Å². The van der Waals surface area contributed by atoms with Crippen LogP contribution < -0.4 is 5.32 Å². The molecule has 6 nitrogen and oxygen atoms in total. The lowest BCUT2D eigenvalue weighted by Gasteiger charge is -2.08. The van der Waals surface area contributed by atoms with E-state index in [4.69, 9.17) is 4.74 Å². The van der Waals surface area contributed by atoms with Crippen molar-refractivity contribution in [3.63, 3.8) is 0 Å². The number of carbonyl (C=O) groups is 2. The van der Waals surface area contributed by atoms with Crippen molar-refractivity contribution in [1.29, 1.82) is 0 Å². The summed E-state index contributed by atoms with van der Waals surface area (Å²) in [4.78, 5) is 23.7. The van der Waals surface area contributed by atoms with Crippen molar-refractivity contribution in [1.82, 2.24) is 9.78 Å². The van der Waals surface area contributed by atoms with Crippen LogP contribution in [0.4, 0.5) is 5.69 Å². The summed E-state index contributed by atoms with van der Waals surface area (Å²) in [6.45, 7) is 5.38. The summed E-state index contributed by atoms with van der Waals surface area (Å²) in [5.41, 5.74) is 4.34. The standard InChI is InChI=1S/C18H20BrN3O3/c1-11-5-7-16(15(19)9-11)20-17(23)10-25-18(24)8-6-14-12(2)21-22(4)13(14)3/h5-9H,10H2,1-4H3,(H,20,23)/b8-6+. The molecular formula is C18H20BrN3O3. The smallest absolute Gasteiger partial charge is 0.331 e. The lowest BCUT2D eigenvalue weighted by atomic mass is 10.2. The molecule has 0 fully saturated rings. The van der Waals surface area contributed by atoms with Crippen molar-refractivity contribution in [2.75, 3.05) is 11.9 Å². The zero-order valence-electron chi connectivity index (χ0n) is 14.6. The maximum Gasteiger partial charge on any atom is 0.331 e. The van der Waals surface area contributed by atoms with E-state index in [1.54, 1.807) is 16.8 Å². The van der Waals surface area contributed by atoms with Gasteiger partial charge in [0, 0.05) is 28.9 Å². The van der Waals surface area contributed by atoms with Gasteiger partial charge in [0.2, 0.25) is 0 Å². The summed E-state index contributed by atoms with van der Waals surface area (Å²) in [5, 5.41) is 6.96. The van der Waals surface area contributed by atoms with Gasteiger partial charge in [-0.2, -0.15) is 5.10 Å². The molecule has 0 aliphatic heterocycles. The number of aryl methyl sites for hydroxylation is 3. The molecule has 0 bridgehead atoms. The number of benzene rings is 1. The Morgan fingerprint density at radius 3 is 2.64 bits per heavy atom. The van der Waals surface area contributed by atoms with Gasteiger partial charge in [-0.1, -0.05) is 6.07 Å². The fourth-order valence-electron chi connectivity index (χ4n) is 2.28. The van der Waals surface area contributed by atoms with Gasteiger partial charge in [-0.3, -0.25) is 9.48 Å². The first kappa shape index (κ1) is 18.9. The van der Waals surface area contributed by atoms with Crippen LogP contribution in [0.2, 0.25) is 0 Å². The molecule has 2 aromatic rings. The van der Waals surface area contributed by atoms with E-state index in [2.05, 4.69) is 26.3 Å². The zero-order valence-corrected chi connectivity index (χ0v) is 16.2. The predicted molar refractivity (Wildman–Crippen MR) is 100 cm³/mol. The zero-order chi connectivity index (χ0) is 18.6. The van der Waals surface area contributed by atoms with Crippen LogP contribution in [0.1, 0.15) is 22.5 Å². The first-order valence-corrected chi connectivity index (χ1v) is 8.48. The van der Waals surface area contributed by atoms with E-state index in [9.17, 15) is 9.59 Å². The van der Waals surface area contributed by atoms with Crippen LogP contribution in [0.25, 0.3) is 6.08 Å². The van der Waals surface area contributed by atoms with Crippen LogP contribution in [0.15, 0.2) is 28.7 Å². The Bertz CT molecular complexity index is 840. The molecule has 2 rings (SSSR count). The lowest BCUT2D eigenvalue weighted by molar-refractivity contribution is -0.142. The highest BCUT2D eigenvalue weighted by atomic mass is 79.9. The molecule has 25 heavy (non-hydrogen) atoms. The van der Waals surface area contributed by atoms with E-state index < -0.39 is 11.9 Å². The number of amides is 1. The first-order chi connectivity index (χ1) is 11.8. The summed E-state index contributed by atoms with van der Waals surface area (Å²) in [7, 11) is 1.84. The number of nitrogens with zero attached hydrogens (tertiary/aromatic N) is 2. The number of nitrogens with one attached hydrogen (secondary N) is 1. The third-order valence-electron chi connectivity index (χ3n) is 3.70. The molecule has 1 amide bonds. The molecule has 0 aliphatic carbocycles. The SMILES string of the molecule is Cc1ccc(NC(=O)COC(=O)/C=C/c2c(C)nn(C)c2C)c(Br)c1. The van der Waals surface area contributed by atoms with E-state index in [0.717, 1.165) is 27.0 Å². The van der Waals surface area contributed by atoms with Crippen LogP contribution in [0.5, 0.6) is 0 Å². The first-order valence-electron chi connectivity index (χ1n) is 7.69. The Labute approximate surface area is 155 Å². The average molecular weight is 406 g/mol. The molecule has 132 valence electrons. The van der Waals surface area contributed by atoms with Crippen molar-refractivity contribution >= 4 is 39.6 Å². The monoisotopic (exact) mass is 405 g/mol. The number of hydrogen-bond donors (Lipinski definition) is 1. The molecule has 0 saturated carbocycles. The number of ether oxygens (including phenoxy) is 1. The minimum absolute atomic E-state index is 0.353. The van der Waals surface area contributed by atoms with E-state index >= 15 is 0 Å². The summed E-state index contributed by atoms with van der Waals surface area (Å²) in [5.74, 6) is -0.985. The molecular weight excluding hydrogens is 386 g/mol. The Balaban J connectivity index is 1.89. The second-order valence-corrected chi connectivity index (χ2v) is 6.53. The number of carbonyl (C=O) groups excluding carboxylic acids is 2. The fraction of sp³-hybridized carbons (Fsp3) is 0.278. The van der Waals surface area contributed by atoms with Gasteiger partial charge in [-0.05, 0) is 60.5 Å². The number of esters is 1. The van der Waals surface area contributed by atoms with Gasteiger partial charge in [0.25, 0.3) is 5.91 Å². The highest BCUT2D eigenvalue weighted by Crippen LogP contribution is 2.23. The number of anilines is 1. The minimum atomic E-state index is -0.583. The Morgan fingerprint density at radius 1 is 1.32 bits per heavy atom. The quantitative estimate of drug-likeness (QED) is 0.611. The summed E-state index contributed by atoms with van der Waals surface area (Å²) in [6.07, 6.45) is 2.94. The number of rotatable bonds is 5. The lowest BCUT2D eigenvalue weighted by Crippen LogP contribution is -2.20. The molecule has 0 saturated heterocycles. The maximum atomic E-state index is 11.9. The van der Waals surface area contributed by atoms with Gasteiger partial charge in [0.1, 0.15) is 0 Å². The van der Waals surface area contributed by atoms with Crippen LogP contribution in [-0.2, 0) is 21.4 Å². The van der Waals surface area contributed by atoms with Gasteiger partial charge >= 0.3 is 5.97 Å². The van der Waals surface area contributed by atoms with Crippen molar-refractivity contribution in [3.05, 3.63) is 51.3 Å². The van der Waals surface area contributed by atoms with Crippen LogP contribution >= 0.6 is 15.9 Å². The molecule has 1 heterocycles. The van der Waals surface area contributed by atoms with E-state index in [-0.39, 0.29) is 6.61 Å². The number of halogens is 1. The van der Waals surface area contributed by atoms with Gasteiger partial charge in [0.15, 0.2) is 6.61 Å². The molecule has 0 aliphatic rings. The third kappa shape index (κ3) is 5.03. The molecule has 0 spiro atoms. The van der Waals surface area contributed by atoms with Crippen LogP contribution in [-0.4, -0.2) is 28.3 Å². The number of hydrogen-bond acceptors (Lipinski definition) is 4. The summed E-state index contributed by atoms with van der Waals surface area (Å²) >= 11 is 3.38. The van der Waals surface area contributed by atoms with Crippen molar-refractivity contribution in [2.45, 2.75) is 20.8 Å². The third-order valence-corrected chi connectivity index (χ3v) is 4.35. The second-order valence-electron chi connectivity index (χ2n) is 5.68. The Kier molecular flexibility index (Phi) is 6.14. The van der Waals surface area contributed by atoms with Gasteiger partial charge in [-0.15, -0.1) is 0 Å². The molecule has 0 radical (unpaired) electrons. The fourth-order valence-corrected chi connectivity index (χ4v) is 2.87. The highest BCUT2D eigenvalue weighted by molar-refractivity contribution is 9.10. The van der Waals surface area contributed by atoms with Crippen LogP contribution in [0, 0.1) is 20.8 Å². The van der Waals surface area contributed by atoms with Crippen molar-refractivity contribution in [3.8, 4) is 0 Å². The largest absolute Gasteiger partial charge is 0.452 e. The van der Waals surface area contributed by atoms with Gasteiger partial charge in [-0.25, -0.2) is 4.79 Å². The summed E-state index contributed by atoms with van der Waals surface area (Å²) < 4.78 is 7.48. The molecule has 0 atom stereocenters. The normalized spacial score (nSPS) is 10.9. The highest BCUT2D eigenvalue weighted by Gasteiger charge is 2.09. The predicted octanol–water partition coefficient (Wildman–Crippen LogP) is 3.30. The van der Waals surface area contributed by atoms with E-state index in [1.807, 2.05) is 40.0 Å². The second kappa shape index (κ2) is 8.11. The van der Waals surface area contributed by atoms with E-state index in [1.165, 1.54) is 6.08 Å². The van der Waals surface area contributed by atoms with Crippen molar-refractivity contribution < 1.29 is 14.3 Å². The molecule has 1 aromatic heterocycles. The topological polar surface area (TPSA) is 73.2 Å². The molecule has 0 unspecified atom stereocenters. The van der Waals surface area contributed by atoms with Gasteiger partial charge < -0.3 is 10.1 Å². The van der Waals surface area contributed by atoms with E-state index in [0.29, 0.717) is 5.69 Å². The average Bonchev–Trinajstić information content (AvgIpc) is 2.79. The Hall–Kier alpha value is -2.41.